The van der Waals surface area contributed by atoms with Crippen molar-refractivity contribution >= 4 is 65.5 Å². The van der Waals surface area contributed by atoms with Crippen molar-refractivity contribution in [3.05, 3.63) is 117 Å². The molecule has 0 fully saturated rings. The number of pyridine rings is 2. The Labute approximate surface area is 284 Å². The lowest BCUT2D eigenvalue weighted by molar-refractivity contribution is 0.303. The summed E-state index contributed by atoms with van der Waals surface area (Å²) in [6, 6.07) is 19.1. The average molecular weight is 733 g/mol. The van der Waals surface area contributed by atoms with Crippen LogP contribution in [0, 0.1) is 5.82 Å². The molecule has 47 heavy (non-hydrogen) atoms. The molecule has 0 bridgehead atoms. The van der Waals surface area contributed by atoms with Crippen molar-refractivity contribution in [1.29, 1.82) is 0 Å². The Morgan fingerprint density at radius 2 is 1.94 bits per heavy atom. The summed E-state index contributed by atoms with van der Waals surface area (Å²) in [5.74, 6) is 0.884. The molecule has 0 saturated heterocycles. The van der Waals surface area contributed by atoms with Gasteiger partial charge in [0, 0.05) is 41.3 Å². The number of hydrogen-bond acceptors (Lipinski definition) is 10. The number of aromatic nitrogens is 5. The predicted molar refractivity (Wildman–Crippen MR) is 185 cm³/mol. The Morgan fingerprint density at radius 1 is 1.04 bits per heavy atom. The van der Waals surface area contributed by atoms with Gasteiger partial charge in [0.1, 0.15) is 40.8 Å². The van der Waals surface area contributed by atoms with E-state index in [0.717, 1.165) is 31.8 Å². The summed E-state index contributed by atoms with van der Waals surface area (Å²) in [5.41, 5.74) is 5.49. The van der Waals surface area contributed by atoms with Crippen molar-refractivity contribution in [3.63, 3.8) is 0 Å². The maximum absolute atomic E-state index is 13.5. The van der Waals surface area contributed by atoms with Crippen LogP contribution < -0.4 is 10.1 Å². The molecule has 0 amide bonds. The third-order valence-electron chi connectivity index (χ3n) is 7.21. The second-order valence-corrected chi connectivity index (χ2v) is 12.9. The molecular weight excluding hydrogens is 705 g/mol. The van der Waals surface area contributed by atoms with Crippen molar-refractivity contribution in [3.8, 4) is 17.1 Å². The van der Waals surface area contributed by atoms with Gasteiger partial charge < -0.3 is 10.1 Å². The maximum atomic E-state index is 13.5. The Bertz CT molecular complexity index is 2160. The van der Waals surface area contributed by atoms with Crippen LogP contribution in [0.5, 0.6) is 5.75 Å². The van der Waals surface area contributed by atoms with E-state index < -0.39 is 10.3 Å². The fourth-order valence-corrected chi connectivity index (χ4v) is 6.69. The number of fused-ring (bicyclic) bond motifs is 1. The van der Waals surface area contributed by atoms with Gasteiger partial charge in [-0.1, -0.05) is 18.2 Å². The highest BCUT2D eigenvalue weighted by Gasteiger charge is 2.20. The van der Waals surface area contributed by atoms with Crippen LogP contribution in [0.15, 0.2) is 95.3 Å². The zero-order valence-corrected chi connectivity index (χ0v) is 28.1. The molecule has 0 radical (unpaired) electrons. The van der Waals surface area contributed by atoms with E-state index in [9.17, 15) is 12.8 Å². The fraction of sp³-hybridized carbons (Fsp3) is 0.152. The molecule has 0 aliphatic heterocycles. The van der Waals surface area contributed by atoms with Crippen LogP contribution in [0.4, 0.5) is 15.9 Å². The quantitative estimate of drug-likeness (QED) is 0.132. The zero-order valence-electron chi connectivity index (χ0n) is 24.9. The van der Waals surface area contributed by atoms with Gasteiger partial charge in [0.25, 0.3) is 0 Å². The van der Waals surface area contributed by atoms with E-state index in [2.05, 4.69) is 41.2 Å². The topological polar surface area (TPSA) is 123 Å². The van der Waals surface area contributed by atoms with Gasteiger partial charge in [-0.3, -0.25) is 14.9 Å². The van der Waals surface area contributed by atoms with Crippen molar-refractivity contribution in [2.45, 2.75) is 26.0 Å². The van der Waals surface area contributed by atoms with Gasteiger partial charge in [-0.15, -0.1) is 11.3 Å². The first-order valence-electron chi connectivity index (χ1n) is 14.4. The molecule has 1 N–H and O–H groups in total. The second-order valence-electron chi connectivity index (χ2n) is 10.4. The molecule has 0 aliphatic carbocycles. The van der Waals surface area contributed by atoms with Gasteiger partial charge in [-0.25, -0.2) is 19.3 Å². The summed E-state index contributed by atoms with van der Waals surface area (Å²) < 4.78 is 43.4. The first kappa shape index (κ1) is 32.3. The molecule has 238 valence electrons. The lowest BCUT2D eigenvalue weighted by atomic mass is 10.2. The smallest absolute Gasteiger partial charge is 0.225 e. The Hall–Kier alpha value is -4.63. The van der Waals surface area contributed by atoms with Gasteiger partial charge in [-0.2, -0.15) is 8.42 Å². The van der Waals surface area contributed by atoms with E-state index in [-0.39, 0.29) is 18.5 Å². The average Bonchev–Trinajstić information content (AvgIpc) is 3.57. The Kier molecular flexibility index (Phi) is 10.2. The van der Waals surface area contributed by atoms with Crippen LogP contribution in [0.3, 0.4) is 0 Å². The molecule has 1 atom stereocenters. The molecule has 4 heterocycles. The molecule has 6 rings (SSSR count). The summed E-state index contributed by atoms with van der Waals surface area (Å²) in [5, 5.41) is 6.75. The van der Waals surface area contributed by atoms with Crippen LogP contribution in [-0.4, -0.2) is 50.3 Å². The monoisotopic (exact) mass is 731 g/mol. The molecule has 1 unspecified atom stereocenters. The van der Waals surface area contributed by atoms with Crippen molar-refractivity contribution in [2.24, 2.45) is 0 Å². The van der Waals surface area contributed by atoms with Crippen LogP contribution in [-0.2, 0) is 23.3 Å². The Morgan fingerprint density at radius 3 is 2.72 bits per heavy atom. The summed E-state index contributed by atoms with van der Waals surface area (Å²) in [6.45, 7) is 2.61. The SMILES string of the molecule is CC(c1nc(-c2cc3c(Nc4ccc(OCc5cccc(F)c5)c(Br)c4)ncnc3cn2)cs1)N(C=S(=O)=O)CCc1ccccn1. The normalized spacial score (nSPS) is 11.8. The molecular formula is C33H27BrFN7O3S2. The van der Waals surface area contributed by atoms with E-state index in [1.807, 2.05) is 54.8 Å². The fourth-order valence-electron chi connectivity index (χ4n) is 4.80. The molecule has 6 aromatic rings. The lowest BCUT2D eigenvalue weighted by Gasteiger charge is -2.22. The molecule has 4 aromatic heterocycles. The number of thiazole rings is 1. The highest BCUT2D eigenvalue weighted by Crippen LogP contribution is 2.33. The van der Waals surface area contributed by atoms with Crippen LogP contribution in [0.2, 0.25) is 0 Å². The number of anilines is 2. The minimum absolute atomic E-state index is 0.228. The third-order valence-corrected chi connectivity index (χ3v) is 9.29. The van der Waals surface area contributed by atoms with Crippen molar-refractivity contribution in [1.82, 2.24) is 29.8 Å². The molecule has 2 aromatic carbocycles. The van der Waals surface area contributed by atoms with Crippen molar-refractivity contribution in [2.75, 3.05) is 11.9 Å². The van der Waals surface area contributed by atoms with Crippen LogP contribution in [0.25, 0.3) is 22.3 Å². The third kappa shape index (κ3) is 8.21. The standard InChI is InChI=1S/C33H27BrFN7O3S2/c1-21(42(20-47(43)44)12-10-24-7-2-3-11-36-24)33-41-30(18-46-33)28-15-26-29(16-37-28)38-19-39-32(26)40-25-8-9-31(27(34)14-25)45-17-22-5-4-6-23(35)13-22/h2-9,11,13-16,18-21H,10,12,17H2,1H3,(H,38,39,40). The maximum Gasteiger partial charge on any atom is 0.225 e. The van der Waals surface area contributed by atoms with E-state index in [4.69, 9.17) is 9.72 Å². The predicted octanol–water partition coefficient (Wildman–Crippen LogP) is 7.01. The van der Waals surface area contributed by atoms with Crippen LogP contribution in [0.1, 0.15) is 29.2 Å². The zero-order chi connectivity index (χ0) is 32.8. The minimum atomic E-state index is -2.37. The number of rotatable bonds is 12. The van der Waals surface area contributed by atoms with Crippen molar-refractivity contribution < 1.29 is 17.5 Å². The van der Waals surface area contributed by atoms with Gasteiger partial charge >= 0.3 is 0 Å². The summed E-state index contributed by atoms with van der Waals surface area (Å²) in [4.78, 5) is 24.4. The second kappa shape index (κ2) is 14.9. The van der Waals surface area contributed by atoms with E-state index >= 15 is 0 Å². The molecule has 0 saturated carbocycles. The molecule has 0 spiro atoms. The van der Waals surface area contributed by atoms with Gasteiger partial charge in [-0.05, 0) is 76.9 Å². The molecule has 0 aliphatic rings. The Balaban J connectivity index is 1.19. The number of nitrogens with one attached hydrogen (secondary N) is 1. The number of nitrogens with zero attached hydrogens (tertiary/aromatic N) is 6. The number of benzene rings is 2. The number of ether oxygens (including phenoxy) is 1. The summed E-state index contributed by atoms with van der Waals surface area (Å²) in [6.07, 6.45) is 5.44. The van der Waals surface area contributed by atoms with E-state index in [0.29, 0.717) is 41.4 Å². The molecule has 10 nitrogen and oxygen atoms in total. The summed E-state index contributed by atoms with van der Waals surface area (Å²) in [7, 11) is -2.37. The largest absolute Gasteiger partial charge is 0.488 e. The first-order valence-corrected chi connectivity index (χ1v) is 17.2. The summed E-state index contributed by atoms with van der Waals surface area (Å²) >= 11 is 5.00. The highest BCUT2D eigenvalue weighted by atomic mass is 79.9. The minimum Gasteiger partial charge on any atom is -0.488 e. The van der Waals surface area contributed by atoms with E-state index in [1.165, 1.54) is 35.3 Å². The highest BCUT2D eigenvalue weighted by molar-refractivity contribution is 9.10. The molecule has 14 heteroatoms. The lowest BCUT2D eigenvalue weighted by Crippen LogP contribution is -2.28. The van der Waals surface area contributed by atoms with Gasteiger partial charge in [0.2, 0.25) is 10.3 Å². The number of hydrogen-bond donors (Lipinski definition) is 1. The van der Waals surface area contributed by atoms with Gasteiger partial charge in [0.05, 0.1) is 33.6 Å². The number of halogens is 2. The first-order chi connectivity index (χ1) is 22.8. The van der Waals surface area contributed by atoms with Crippen LogP contribution >= 0.6 is 27.3 Å². The van der Waals surface area contributed by atoms with E-state index in [1.54, 1.807) is 29.4 Å². The van der Waals surface area contributed by atoms with Gasteiger partial charge in [0.15, 0.2) is 0 Å².